The molecule has 0 aromatic heterocycles. The Balaban J connectivity index is 1.67. The van der Waals surface area contributed by atoms with Crippen LogP contribution in [0.3, 0.4) is 0 Å². The second-order valence-electron chi connectivity index (χ2n) is 8.70. The second kappa shape index (κ2) is 8.37. The van der Waals surface area contributed by atoms with E-state index in [4.69, 9.17) is 4.74 Å². The van der Waals surface area contributed by atoms with Crippen molar-refractivity contribution in [1.82, 2.24) is 4.90 Å². The number of phenolic OH excluding ortho intramolecular Hbond substituents is 1. The molecule has 0 spiro atoms. The minimum absolute atomic E-state index is 0.0477. The molecule has 3 atom stereocenters. The van der Waals surface area contributed by atoms with Crippen molar-refractivity contribution in [2.75, 3.05) is 6.54 Å². The number of nitrogens with zero attached hydrogens (tertiary/aromatic N) is 1. The Labute approximate surface area is 183 Å². The summed E-state index contributed by atoms with van der Waals surface area (Å²) in [6.45, 7) is 3.34. The van der Waals surface area contributed by atoms with E-state index in [0.29, 0.717) is 12.4 Å². The van der Waals surface area contributed by atoms with E-state index in [0.717, 1.165) is 36.3 Å². The molecule has 2 heterocycles. The third-order valence-electron chi connectivity index (χ3n) is 6.70. The molecule has 31 heavy (non-hydrogen) atoms. The number of phenols is 1. The predicted octanol–water partition coefficient (Wildman–Crippen LogP) is 5.65. The van der Waals surface area contributed by atoms with Gasteiger partial charge < -0.3 is 14.9 Å². The number of rotatable bonds is 3. The van der Waals surface area contributed by atoms with Gasteiger partial charge >= 0.3 is 0 Å². The zero-order valence-electron chi connectivity index (χ0n) is 17.9. The second-order valence-corrected chi connectivity index (χ2v) is 8.70. The van der Waals surface area contributed by atoms with E-state index in [1.165, 1.54) is 23.1 Å². The van der Waals surface area contributed by atoms with Gasteiger partial charge in [-0.2, -0.15) is 0 Å². The van der Waals surface area contributed by atoms with E-state index in [-0.39, 0.29) is 12.1 Å². The first-order valence-corrected chi connectivity index (χ1v) is 11.2. The molecule has 1 fully saturated rings. The van der Waals surface area contributed by atoms with Crippen molar-refractivity contribution in [2.24, 2.45) is 0 Å². The zero-order chi connectivity index (χ0) is 21.4. The fourth-order valence-electron chi connectivity index (χ4n) is 5.10. The summed E-state index contributed by atoms with van der Waals surface area (Å²) in [5.74, 6) is 1.19. The third kappa shape index (κ3) is 3.82. The summed E-state index contributed by atoms with van der Waals surface area (Å²) in [4.78, 5) is 2.59. The van der Waals surface area contributed by atoms with Gasteiger partial charge in [-0.05, 0) is 72.8 Å². The molecule has 2 aliphatic rings. The lowest BCUT2D eigenvalue weighted by atomic mass is 9.86. The van der Waals surface area contributed by atoms with Crippen LogP contribution >= 0.6 is 0 Å². The van der Waals surface area contributed by atoms with E-state index >= 15 is 0 Å². The smallest absolute Gasteiger partial charge is 0.124 e. The van der Waals surface area contributed by atoms with Crippen molar-refractivity contribution in [1.29, 1.82) is 0 Å². The number of ether oxygens (including phenoxy) is 1. The number of aliphatic hydroxyl groups is 1. The van der Waals surface area contributed by atoms with Gasteiger partial charge in [-0.3, -0.25) is 4.90 Å². The largest absolute Gasteiger partial charge is 0.508 e. The number of fused-ring (bicyclic) bond motifs is 2. The van der Waals surface area contributed by atoms with Crippen molar-refractivity contribution in [3.05, 3.63) is 94.5 Å². The fourth-order valence-corrected chi connectivity index (χ4v) is 5.10. The van der Waals surface area contributed by atoms with Crippen LogP contribution in [0, 0.1) is 0 Å². The first-order chi connectivity index (χ1) is 15.1. The molecule has 1 saturated heterocycles. The van der Waals surface area contributed by atoms with Gasteiger partial charge in [-0.15, -0.1) is 0 Å². The molecule has 4 heteroatoms. The zero-order valence-corrected chi connectivity index (χ0v) is 17.9. The van der Waals surface area contributed by atoms with Gasteiger partial charge in [0.05, 0.1) is 12.1 Å². The number of benzene rings is 3. The average Bonchev–Trinajstić information content (AvgIpc) is 2.96. The van der Waals surface area contributed by atoms with Crippen LogP contribution in [-0.2, 0) is 6.61 Å². The van der Waals surface area contributed by atoms with Crippen LogP contribution in [0.5, 0.6) is 11.5 Å². The number of aliphatic hydroxyl groups excluding tert-OH is 1. The van der Waals surface area contributed by atoms with E-state index in [2.05, 4.69) is 35.2 Å². The van der Waals surface area contributed by atoms with Gasteiger partial charge in [0.15, 0.2) is 0 Å². The molecule has 3 unspecified atom stereocenters. The molecular weight excluding hydrogens is 386 g/mol. The minimum atomic E-state index is -0.529. The Morgan fingerprint density at radius 2 is 1.77 bits per heavy atom. The minimum Gasteiger partial charge on any atom is -0.508 e. The highest BCUT2D eigenvalue weighted by molar-refractivity contribution is 5.49. The first-order valence-electron chi connectivity index (χ1n) is 11.2. The number of aromatic hydroxyl groups is 1. The molecule has 160 valence electrons. The molecule has 0 radical (unpaired) electrons. The molecule has 3 aromatic carbocycles. The van der Waals surface area contributed by atoms with Gasteiger partial charge in [0.2, 0.25) is 0 Å². The third-order valence-corrected chi connectivity index (χ3v) is 6.70. The molecule has 0 bridgehead atoms. The molecule has 0 amide bonds. The number of hydrogen-bond acceptors (Lipinski definition) is 4. The van der Waals surface area contributed by atoms with Crippen molar-refractivity contribution in [3.63, 3.8) is 0 Å². The molecule has 2 N–H and O–H groups in total. The molecule has 3 aromatic rings. The quantitative estimate of drug-likeness (QED) is 0.580. The topological polar surface area (TPSA) is 52.9 Å². The van der Waals surface area contributed by atoms with Crippen LogP contribution in [0.1, 0.15) is 72.2 Å². The maximum Gasteiger partial charge on any atom is 0.124 e. The van der Waals surface area contributed by atoms with Gasteiger partial charge in [-0.1, -0.05) is 48.9 Å². The lowest BCUT2D eigenvalue weighted by Gasteiger charge is -2.42. The number of hydrogen-bond donors (Lipinski definition) is 2. The summed E-state index contributed by atoms with van der Waals surface area (Å²) in [6.07, 6.45) is 2.89. The maximum atomic E-state index is 10.3. The van der Waals surface area contributed by atoms with Gasteiger partial charge in [-0.25, -0.2) is 0 Å². The highest BCUT2D eigenvalue weighted by Crippen LogP contribution is 2.46. The van der Waals surface area contributed by atoms with Crippen LogP contribution in [-0.4, -0.2) is 21.7 Å². The molecule has 2 aliphatic heterocycles. The highest BCUT2D eigenvalue weighted by Gasteiger charge is 2.36. The van der Waals surface area contributed by atoms with Crippen LogP contribution in [0.4, 0.5) is 0 Å². The van der Waals surface area contributed by atoms with Gasteiger partial charge in [0.1, 0.15) is 18.1 Å². The standard InChI is InChI=1S/C27H29NO3/c1-18(29)20-11-14-26-24(16-20)27(23-7-3-2-6-21(23)17-31-26)28-15-5-4-8-25(28)19-9-12-22(30)13-10-19/h2-3,6-7,9-14,16,18,25,27,29-30H,4-5,8,15,17H2,1H3. The normalized spacial score (nSPS) is 22.0. The fraction of sp³-hybridized carbons (Fsp3) is 0.333. The number of likely N-dealkylation sites (tertiary alicyclic amines) is 1. The van der Waals surface area contributed by atoms with Crippen molar-refractivity contribution in [3.8, 4) is 11.5 Å². The van der Waals surface area contributed by atoms with Gasteiger partial charge in [0, 0.05) is 11.6 Å². The Hall–Kier alpha value is -2.82. The summed E-state index contributed by atoms with van der Waals surface area (Å²) in [5.41, 5.74) is 5.74. The van der Waals surface area contributed by atoms with E-state index in [1.807, 2.05) is 31.2 Å². The molecule has 5 rings (SSSR count). The Morgan fingerprint density at radius 3 is 2.58 bits per heavy atom. The van der Waals surface area contributed by atoms with E-state index in [9.17, 15) is 10.2 Å². The van der Waals surface area contributed by atoms with Gasteiger partial charge in [0.25, 0.3) is 0 Å². The van der Waals surface area contributed by atoms with Crippen LogP contribution in [0.2, 0.25) is 0 Å². The van der Waals surface area contributed by atoms with Crippen molar-refractivity contribution >= 4 is 0 Å². The summed E-state index contributed by atoms with van der Waals surface area (Å²) in [6, 6.07) is 22.6. The number of piperidine rings is 1. The van der Waals surface area contributed by atoms with E-state index < -0.39 is 6.10 Å². The maximum absolute atomic E-state index is 10.3. The van der Waals surface area contributed by atoms with Crippen LogP contribution in [0.15, 0.2) is 66.7 Å². The monoisotopic (exact) mass is 415 g/mol. The first kappa shape index (κ1) is 20.1. The summed E-state index contributed by atoms with van der Waals surface area (Å²) < 4.78 is 6.25. The SMILES string of the molecule is CC(O)c1ccc2c(c1)C(N1CCCCC1c1ccc(O)cc1)c1ccccc1CO2. The lowest BCUT2D eigenvalue weighted by molar-refractivity contribution is 0.112. The summed E-state index contributed by atoms with van der Waals surface area (Å²) >= 11 is 0. The summed E-state index contributed by atoms with van der Waals surface area (Å²) in [7, 11) is 0. The Kier molecular flexibility index (Phi) is 5.43. The molecular formula is C27H29NO3. The molecule has 0 saturated carbocycles. The summed E-state index contributed by atoms with van der Waals surface area (Å²) in [5, 5.41) is 20.1. The van der Waals surface area contributed by atoms with Crippen molar-refractivity contribution < 1.29 is 14.9 Å². The average molecular weight is 416 g/mol. The van der Waals surface area contributed by atoms with Crippen molar-refractivity contribution in [2.45, 2.75) is 51.0 Å². The van der Waals surface area contributed by atoms with E-state index in [1.54, 1.807) is 12.1 Å². The Morgan fingerprint density at radius 1 is 0.968 bits per heavy atom. The molecule has 4 nitrogen and oxygen atoms in total. The predicted molar refractivity (Wildman–Crippen MR) is 121 cm³/mol. The molecule has 0 aliphatic carbocycles. The highest BCUT2D eigenvalue weighted by atomic mass is 16.5. The van der Waals surface area contributed by atoms with Crippen LogP contribution in [0.25, 0.3) is 0 Å². The Bertz CT molecular complexity index is 1060. The lowest BCUT2D eigenvalue weighted by Crippen LogP contribution is -2.37. The van der Waals surface area contributed by atoms with Crippen LogP contribution < -0.4 is 4.74 Å².